The molecule has 1 N–H and O–H groups in total. The molecule has 0 spiro atoms. The summed E-state index contributed by atoms with van der Waals surface area (Å²) < 4.78 is 5.28. The Labute approximate surface area is 160 Å². The highest BCUT2D eigenvalue weighted by molar-refractivity contribution is 5.94. The van der Waals surface area contributed by atoms with E-state index in [9.17, 15) is 9.59 Å². The van der Waals surface area contributed by atoms with Crippen LogP contribution in [0.4, 0.5) is 0 Å². The number of ether oxygens (including phenoxy) is 1. The number of benzene rings is 2. The minimum atomic E-state index is -0.604. The van der Waals surface area contributed by atoms with Crippen molar-refractivity contribution in [2.75, 3.05) is 26.3 Å². The van der Waals surface area contributed by atoms with Crippen molar-refractivity contribution in [2.45, 2.75) is 25.8 Å². The molecule has 1 heterocycles. The van der Waals surface area contributed by atoms with Crippen molar-refractivity contribution in [1.29, 1.82) is 0 Å². The molecule has 0 aromatic heterocycles. The van der Waals surface area contributed by atoms with Gasteiger partial charge in [-0.25, -0.2) is 0 Å². The van der Waals surface area contributed by atoms with Crippen LogP contribution in [0.5, 0.6) is 0 Å². The van der Waals surface area contributed by atoms with E-state index in [-0.39, 0.29) is 11.8 Å². The fourth-order valence-electron chi connectivity index (χ4n) is 3.10. The Morgan fingerprint density at radius 2 is 1.63 bits per heavy atom. The van der Waals surface area contributed by atoms with Gasteiger partial charge in [0.15, 0.2) is 0 Å². The summed E-state index contributed by atoms with van der Waals surface area (Å²) >= 11 is 0. The largest absolute Gasteiger partial charge is 0.378 e. The zero-order chi connectivity index (χ0) is 19.3. The lowest BCUT2D eigenvalue weighted by atomic mass is 9.84. The minimum Gasteiger partial charge on any atom is -0.378 e. The number of rotatable bonds is 5. The van der Waals surface area contributed by atoms with Gasteiger partial charge in [0.1, 0.15) is 0 Å². The average molecular weight is 366 g/mol. The normalized spacial score (nSPS) is 14.7. The second-order valence-corrected chi connectivity index (χ2v) is 7.28. The molecule has 1 fully saturated rings. The van der Waals surface area contributed by atoms with Crippen LogP contribution in [0.25, 0.3) is 0 Å². The van der Waals surface area contributed by atoms with Crippen molar-refractivity contribution in [2.24, 2.45) is 0 Å². The van der Waals surface area contributed by atoms with Crippen LogP contribution in [0.1, 0.15) is 35.3 Å². The van der Waals surface area contributed by atoms with E-state index in [0.29, 0.717) is 38.4 Å². The fourth-order valence-corrected chi connectivity index (χ4v) is 3.10. The zero-order valence-electron chi connectivity index (χ0n) is 15.9. The lowest BCUT2D eigenvalue weighted by molar-refractivity contribution is -0.125. The van der Waals surface area contributed by atoms with Crippen LogP contribution in [0.15, 0.2) is 54.6 Å². The Balaban J connectivity index is 1.58. The second kappa shape index (κ2) is 8.35. The van der Waals surface area contributed by atoms with Crippen LogP contribution >= 0.6 is 0 Å². The average Bonchev–Trinajstić information content (AvgIpc) is 2.73. The first-order valence-corrected chi connectivity index (χ1v) is 9.28. The molecule has 2 amide bonds. The van der Waals surface area contributed by atoms with Crippen molar-refractivity contribution in [3.8, 4) is 0 Å². The van der Waals surface area contributed by atoms with E-state index >= 15 is 0 Å². The second-order valence-electron chi connectivity index (χ2n) is 7.28. The van der Waals surface area contributed by atoms with Gasteiger partial charge in [0.25, 0.3) is 5.91 Å². The molecule has 2 aromatic rings. The highest BCUT2D eigenvalue weighted by Gasteiger charge is 2.29. The van der Waals surface area contributed by atoms with Crippen molar-refractivity contribution >= 4 is 11.8 Å². The van der Waals surface area contributed by atoms with Crippen LogP contribution in [0.2, 0.25) is 0 Å². The molecule has 0 aliphatic carbocycles. The molecule has 2 aromatic carbocycles. The van der Waals surface area contributed by atoms with Crippen molar-refractivity contribution < 1.29 is 14.3 Å². The molecule has 0 radical (unpaired) electrons. The minimum absolute atomic E-state index is 0.0258. The molecule has 3 rings (SSSR count). The number of morpholine rings is 1. The Bertz CT molecular complexity index is 779. The summed E-state index contributed by atoms with van der Waals surface area (Å²) in [4.78, 5) is 26.9. The zero-order valence-corrected chi connectivity index (χ0v) is 15.9. The van der Waals surface area contributed by atoms with Gasteiger partial charge in [-0.2, -0.15) is 0 Å². The van der Waals surface area contributed by atoms with E-state index in [1.165, 1.54) is 0 Å². The maximum atomic E-state index is 12.6. The SMILES string of the molecule is CC(C)(C(=O)NCc1ccc(C(=O)N2CCOCC2)cc1)c1ccccc1. The van der Waals surface area contributed by atoms with Crippen LogP contribution in [-0.4, -0.2) is 43.0 Å². The molecular formula is C22H26N2O3. The predicted molar refractivity (Wildman–Crippen MR) is 104 cm³/mol. The Morgan fingerprint density at radius 1 is 1.00 bits per heavy atom. The molecule has 142 valence electrons. The predicted octanol–water partition coefficient (Wildman–Crippen LogP) is 2.75. The number of carbonyl (C=O) groups is 2. The molecular weight excluding hydrogens is 340 g/mol. The molecule has 1 aliphatic rings. The summed E-state index contributed by atoms with van der Waals surface area (Å²) in [5, 5.41) is 3.00. The lowest BCUT2D eigenvalue weighted by Gasteiger charge is -2.27. The molecule has 27 heavy (non-hydrogen) atoms. The number of amides is 2. The summed E-state index contributed by atoms with van der Waals surface area (Å²) in [5.74, 6) is 0.00117. The number of nitrogens with zero attached hydrogens (tertiary/aromatic N) is 1. The quantitative estimate of drug-likeness (QED) is 0.885. The van der Waals surface area contributed by atoms with Gasteiger partial charge >= 0.3 is 0 Å². The standard InChI is InChI=1S/C22H26N2O3/c1-22(2,19-6-4-3-5-7-19)21(26)23-16-17-8-10-18(11-9-17)20(25)24-12-14-27-15-13-24/h3-11H,12-16H2,1-2H3,(H,23,26). The molecule has 0 atom stereocenters. The van der Waals surface area contributed by atoms with Gasteiger partial charge in [-0.15, -0.1) is 0 Å². The summed E-state index contributed by atoms with van der Waals surface area (Å²) in [7, 11) is 0. The highest BCUT2D eigenvalue weighted by atomic mass is 16.5. The summed E-state index contributed by atoms with van der Waals surface area (Å²) in [6.07, 6.45) is 0. The molecule has 0 bridgehead atoms. The van der Waals surface area contributed by atoms with Crippen LogP contribution in [0.3, 0.4) is 0 Å². The molecule has 1 saturated heterocycles. The lowest BCUT2D eigenvalue weighted by Crippen LogP contribution is -2.40. The number of hydrogen-bond donors (Lipinski definition) is 1. The first-order chi connectivity index (χ1) is 13.0. The van der Waals surface area contributed by atoms with E-state index in [1.54, 1.807) is 0 Å². The molecule has 0 unspecified atom stereocenters. The van der Waals surface area contributed by atoms with E-state index in [4.69, 9.17) is 4.74 Å². The van der Waals surface area contributed by atoms with Gasteiger partial charge in [-0.1, -0.05) is 42.5 Å². The molecule has 5 heteroatoms. The third kappa shape index (κ3) is 4.55. The smallest absolute Gasteiger partial charge is 0.254 e. The van der Waals surface area contributed by atoms with E-state index in [2.05, 4.69) is 5.32 Å². The van der Waals surface area contributed by atoms with Crippen LogP contribution in [0, 0.1) is 0 Å². The number of carbonyl (C=O) groups excluding carboxylic acids is 2. The first-order valence-electron chi connectivity index (χ1n) is 9.28. The van der Waals surface area contributed by atoms with Gasteiger partial charge in [0.05, 0.1) is 18.6 Å². The van der Waals surface area contributed by atoms with E-state index in [1.807, 2.05) is 73.3 Å². The maximum Gasteiger partial charge on any atom is 0.254 e. The van der Waals surface area contributed by atoms with E-state index in [0.717, 1.165) is 11.1 Å². The topological polar surface area (TPSA) is 58.6 Å². The Kier molecular flexibility index (Phi) is 5.91. The van der Waals surface area contributed by atoms with Crippen LogP contribution in [-0.2, 0) is 21.5 Å². The third-order valence-electron chi connectivity index (χ3n) is 5.02. The fraction of sp³-hybridized carbons (Fsp3) is 0.364. The third-order valence-corrected chi connectivity index (χ3v) is 5.02. The van der Waals surface area contributed by atoms with Gasteiger partial charge < -0.3 is 15.0 Å². The van der Waals surface area contributed by atoms with Crippen molar-refractivity contribution in [3.63, 3.8) is 0 Å². The van der Waals surface area contributed by atoms with Crippen molar-refractivity contribution in [3.05, 3.63) is 71.3 Å². The van der Waals surface area contributed by atoms with Crippen LogP contribution < -0.4 is 5.32 Å². The summed E-state index contributed by atoms with van der Waals surface area (Å²) in [6.45, 7) is 6.71. The van der Waals surface area contributed by atoms with Gasteiger partial charge in [0, 0.05) is 25.2 Å². The van der Waals surface area contributed by atoms with E-state index < -0.39 is 5.41 Å². The summed E-state index contributed by atoms with van der Waals surface area (Å²) in [5.41, 5.74) is 2.00. The van der Waals surface area contributed by atoms with Crippen molar-refractivity contribution in [1.82, 2.24) is 10.2 Å². The monoisotopic (exact) mass is 366 g/mol. The van der Waals surface area contributed by atoms with Gasteiger partial charge in [-0.3, -0.25) is 9.59 Å². The highest BCUT2D eigenvalue weighted by Crippen LogP contribution is 2.23. The molecule has 0 saturated carbocycles. The summed E-state index contributed by atoms with van der Waals surface area (Å²) in [6, 6.07) is 17.2. The Morgan fingerprint density at radius 3 is 2.26 bits per heavy atom. The maximum absolute atomic E-state index is 12.6. The Hall–Kier alpha value is -2.66. The van der Waals surface area contributed by atoms with Gasteiger partial charge in [0.2, 0.25) is 5.91 Å². The van der Waals surface area contributed by atoms with Gasteiger partial charge in [-0.05, 0) is 37.1 Å². The molecule has 1 aliphatic heterocycles. The number of nitrogens with one attached hydrogen (secondary N) is 1. The molecule has 5 nitrogen and oxygen atoms in total. The number of hydrogen-bond acceptors (Lipinski definition) is 3. The first kappa shape index (κ1) is 19.1.